The molecule has 5 aromatic rings. The van der Waals surface area contributed by atoms with Gasteiger partial charge in [0.05, 0.1) is 17.1 Å². The number of benzene rings is 2. The minimum absolute atomic E-state index is 0.149. The van der Waals surface area contributed by atoms with Gasteiger partial charge in [-0.15, -0.1) is 11.3 Å². The van der Waals surface area contributed by atoms with Crippen molar-refractivity contribution in [2.45, 2.75) is 11.6 Å². The van der Waals surface area contributed by atoms with Gasteiger partial charge in [0.25, 0.3) is 5.22 Å². The summed E-state index contributed by atoms with van der Waals surface area (Å²) in [5, 5.41) is 9.43. The molecule has 0 spiro atoms. The number of nitrogens with zero attached hydrogens (tertiary/aromatic N) is 3. The zero-order valence-electron chi connectivity index (χ0n) is 16.1. The topological polar surface area (TPSA) is 94.1 Å². The van der Waals surface area contributed by atoms with Gasteiger partial charge in [-0.3, -0.25) is 4.79 Å². The average Bonchev–Trinajstić information content (AvgIpc) is 3.53. The van der Waals surface area contributed by atoms with Crippen LogP contribution in [0, 0.1) is 0 Å². The molecule has 2 aromatic carbocycles. The van der Waals surface area contributed by atoms with Gasteiger partial charge >= 0.3 is 0 Å². The number of para-hydroxylation sites is 3. The van der Waals surface area contributed by atoms with Crippen LogP contribution in [0.1, 0.15) is 11.5 Å². The molecule has 7 nitrogen and oxygen atoms in total. The molecule has 3 heterocycles. The molecule has 0 saturated carbocycles. The zero-order chi connectivity index (χ0) is 21.0. The van der Waals surface area contributed by atoms with Crippen LogP contribution >= 0.6 is 23.1 Å². The summed E-state index contributed by atoms with van der Waals surface area (Å²) in [4.78, 5) is 22.3. The van der Waals surface area contributed by atoms with Gasteiger partial charge in [0.2, 0.25) is 17.6 Å². The van der Waals surface area contributed by atoms with Gasteiger partial charge in [0, 0.05) is 5.69 Å². The highest BCUT2D eigenvalue weighted by Crippen LogP contribution is 2.25. The average molecular weight is 449 g/mol. The summed E-state index contributed by atoms with van der Waals surface area (Å²) < 4.78 is 11.0. The standard InChI is InChI=1S/C22H16N4O3S2/c27-19(13-31-22-24-16-8-3-4-9-17(16)28-22)23-15-7-2-1-6-14(15)12-20-25-21(26-29-20)18-10-5-11-30-18/h1-11H,12-13H2,(H,23,27). The van der Waals surface area contributed by atoms with Gasteiger partial charge in [0.1, 0.15) is 5.52 Å². The Hall–Kier alpha value is -3.43. The lowest BCUT2D eigenvalue weighted by Gasteiger charge is -2.09. The van der Waals surface area contributed by atoms with Crippen LogP contribution in [0.15, 0.2) is 80.2 Å². The number of amides is 1. The van der Waals surface area contributed by atoms with E-state index >= 15 is 0 Å². The SMILES string of the molecule is O=C(CSc1nc2ccccc2o1)Nc1ccccc1Cc1nc(-c2cccs2)no1. The highest BCUT2D eigenvalue weighted by atomic mass is 32.2. The molecule has 5 rings (SSSR count). The molecule has 0 fully saturated rings. The van der Waals surface area contributed by atoms with Crippen LogP contribution in [-0.2, 0) is 11.2 Å². The van der Waals surface area contributed by atoms with Gasteiger partial charge in [-0.05, 0) is 35.2 Å². The number of carbonyl (C=O) groups excluding carboxylic acids is 1. The number of thioether (sulfide) groups is 1. The largest absolute Gasteiger partial charge is 0.431 e. The summed E-state index contributed by atoms with van der Waals surface area (Å²) in [6.45, 7) is 0. The Morgan fingerprint density at radius 3 is 2.77 bits per heavy atom. The normalized spacial score (nSPS) is 11.1. The number of oxazole rings is 1. The highest BCUT2D eigenvalue weighted by molar-refractivity contribution is 7.99. The molecule has 0 bridgehead atoms. The predicted octanol–water partition coefficient (Wildman–Crippen LogP) is 5.26. The highest BCUT2D eigenvalue weighted by Gasteiger charge is 2.14. The molecule has 1 N–H and O–H groups in total. The quantitative estimate of drug-likeness (QED) is 0.339. The first-order valence-electron chi connectivity index (χ1n) is 9.47. The van der Waals surface area contributed by atoms with E-state index < -0.39 is 0 Å². The lowest BCUT2D eigenvalue weighted by atomic mass is 10.1. The fourth-order valence-electron chi connectivity index (χ4n) is 3.02. The zero-order valence-corrected chi connectivity index (χ0v) is 17.8. The number of carbonyl (C=O) groups is 1. The first-order chi connectivity index (χ1) is 15.2. The first-order valence-corrected chi connectivity index (χ1v) is 11.3. The van der Waals surface area contributed by atoms with Crippen LogP contribution in [0.25, 0.3) is 21.8 Å². The van der Waals surface area contributed by atoms with Crippen molar-refractivity contribution in [3.8, 4) is 10.7 Å². The fourth-order valence-corrected chi connectivity index (χ4v) is 4.31. The summed E-state index contributed by atoms with van der Waals surface area (Å²) in [6.07, 6.45) is 0.424. The number of nitrogens with one attached hydrogen (secondary N) is 1. The van der Waals surface area contributed by atoms with Crippen molar-refractivity contribution in [3.05, 3.63) is 77.5 Å². The molecule has 154 valence electrons. The molecule has 0 aliphatic carbocycles. The van der Waals surface area contributed by atoms with Crippen molar-refractivity contribution < 1.29 is 13.7 Å². The Balaban J connectivity index is 1.24. The predicted molar refractivity (Wildman–Crippen MR) is 120 cm³/mol. The van der Waals surface area contributed by atoms with Crippen molar-refractivity contribution >= 4 is 45.8 Å². The maximum absolute atomic E-state index is 12.5. The van der Waals surface area contributed by atoms with Crippen molar-refractivity contribution in [3.63, 3.8) is 0 Å². The maximum Gasteiger partial charge on any atom is 0.257 e. The van der Waals surface area contributed by atoms with Crippen LogP contribution in [0.3, 0.4) is 0 Å². The Morgan fingerprint density at radius 2 is 1.90 bits per heavy atom. The Kier molecular flexibility index (Phi) is 5.51. The number of aromatic nitrogens is 3. The number of hydrogen-bond donors (Lipinski definition) is 1. The van der Waals surface area contributed by atoms with Gasteiger partial charge in [-0.25, -0.2) is 4.98 Å². The van der Waals surface area contributed by atoms with E-state index in [4.69, 9.17) is 8.94 Å². The van der Waals surface area contributed by atoms with Crippen molar-refractivity contribution in [1.29, 1.82) is 0 Å². The van der Waals surface area contributed by atoms with E-state index in [1.807, 2.05) is 66.0 Å². The second-order valence-electron chi connectivity index (χ2n) is 6.61. The van der Waals surface area contributed by atoms with E-state index in [-0.39, 0.29) is 11.7 Å². The van der Waals surface area contributed by atoms with E-state index in [0.717, 1.165) is 16.0 Å². The molecular weight excluding hydrogens is 432 g/mol. The van der Waals surface area contributed by atoms with E-state index in [2.05, 4.69) is 20.4 Å². The monoisotopic (exact) mass is 448 g/mol. The van der Waals surface area contributed by atoms with Crippen LogP contribution in [0.2, 0.25) is 0 Å². The number of hydrogen-bond acceptors (Lipinski definition) is 8. The minimum atomic E-state index is -0.149. The number of fused-ring (bicyclic) bond motifs is 1. The Labute approximate surface area is 185 Å². The van der Waals surface area contributed by atoms with Crippen LogP contribution in [0.5, 0.6) is 0 Å². The molecule has 3 aromatic heterocycles. The minimum Gasteiger partial charge on any atom is -0.431 e. The lowest BCUT2D eigenvalue weighted by molar-refractivity contribution is -0.113. The van der Waals surface area contributed by atoms with Crippen LogP contribution < -0.4 is 5.32 Å². The Morgan fingerprint density at radius 1 is 1.03 bits per heavy atom. The smallest absolute Gasteiger partial charge is 0.257 e. The number of rotatable bonds is 7. The van der Waals surface area contributed by atoms with Crippen molar-refractivity contribution in [2.24, 2.45) is 0 Å². The maximum atomic E-state index is 12.5. The summed E-state index contributed by atoms with van der Waals surface area (Å²) in [5.41, 5.74) is 3.08. The molecule has 1 amide bonds. The molecule has 9 heteroatoms. The lowest BCUT2D eigenvalue weighted by Crippen LogP contribution is -2.15. The third-order valence-electron chi connectivity index (χ3n) is 4.44. The van der Waals surface area contributed by atoms with Gasteiger partial charge in [-0.1, -0.05) is 53.3 Å². The summed E-state index contributed by atoms with van der Waals surface area (Å²) >= 11 is 2.81. The number of anilines is 1. The Bertz CT molecular complexity index is 1290. The molecule has 31 heavy (non-hydrogen) atoms. The van der Waals surface area contributed by atoms with Gasteiger partial charge in [-0.2, -0.15) is 4.98 Å². The molecule has 0 unspecified atom stereocenters. The third-order valence-corrected chi connectivity index (χ3v) is 6.14. The van der Waals surface area contributed by atoms with Crippen LogP contribution in [0.4, 0.5) is 5.69 Å². The number of thiophene rings is 1. The van der Waals surface area contributed by atoms with Gasteiger partial charge < -0.3 is 14.3 Å². The summed E-state index contributed by atoms with van der Waals surface area (Å²) in [5.74, 6) is 1.10. The molecule has 0 atom stereocenters. The molecule has 0 aliphatic heterocycles. The second kappa shape index (κ2) is 8.75. The first kappa shape index (κ1) is 19.5. The van der Waals surface area contributed by atoms with E-state index in [1.165, 1.54) is 11.8 Å². The van der Waals surface area contributed by atoms with Gasteiger partial charge in [0.15, 0.2) is 5.58 Å². The van der Waals surface area contributed by atoms with Crippen molar-refractivity contribution in [1.82, 2.24) is 15.1 Å². The van der Waals surface area contributed by atoms with E-state index in [0.29, 0.717) is 34.6 Å². The molecule has 0 radical (unpaired) electrons. The third kappa shape index (κ3) is 4.52. The summed E-state index contributed by atoms with van der Waals surface area (Å²) in [7, 11) is 0. The summed E-state index contributed by atoms with van der Waals surface area (Å²) in [6, 6.07) is 19.0. The van der Waals surface area contributed by atoms with E-state index in [9.17, 15) is 4.79 Å². The molecular formula is C22H16N4O3S2. The fraction of sp³-hybridized carbons (Fsp3) is 0.0909. The van der Waals surface area contributed by atoms with Crippen molar-refractivity contribution in [2.75, 3.05) is 11.1 Å². The second-order valence-corrected chi connectivity index (χ2v) is 8.48. The molecule has 0 saturated heterocycles. The molecule has 0 aliphatic rings. The van der Waals surface area contributed by atoms with E-state index in [1.54, 1.807) is 11.3 Å². The van der Waals surface area contributed by atoms with Crippen LogP contribution in [-0.4, -0.2) is 26.8 Å².